The number of rotatable bonds is 4. The Morgan fingerprint density at radius 3 is 2.22 bits per heavy atom. The summed E-state index contributed by atoms with van der Waals surface area (Å²) in [5.41, 5.74) is 0.541. The van der Waals surface area contributed by atoms with Crippen LogP contribution in [0.2, 0.25) is 0 Å². The van der Waals surface area contributed by atoms with Crippen LogP contribution in [0.5, 0.6) is 5.75 Å². The van der Waals surface area contributed by atoms with E-state index in [4.69, 9.17) is 4.74 Å². The van der Waals surface area contributed by atoms with E-state index in [1.807, 2.05) is 30.3 Å². The number of fused-ring (bicyclic) bond motifs is 1. The van der Waals surface area contributed by atoms with Crippen molar-refractivity contribution in [2.24, 2.45) is 0 Å². The van der Waals surface area contributed by atoms with Crippen LogP contribution in [-0.4, -0.2) is 15.5 Å². The molecule has 0 saturated carbocycles. The number of anilines is 1. The maximum atomic E-state index is 12.6. The Morgan fingerprint density at radius 1 is 0.913 bits per heavy atom. The molecule has 0 aliphatic heterocycles. The predicted molar refractivity (Wildman–Crippen MR) is 95.5 cm³/mol. The molecule has 1 N–H and O–H groups in total. The van der Waals surface area contributed by atoms with Crippen LogP contribution >= 0.6 is 15.9 Å². The van der Waals surface area contributed by atoms with Gasteiger partial charge in [-0.3, -0.25) is 4.72 Å². The monoisotopic (exact) mass is 391 g/mol. The van der Waals surface area contributed by atoms with Crippen molar-refractivity contribution in [3.05, 3.63) is 65.1 Å². The van der Waals surface area contributed by atoms with E-state index in [0.29, 0.717) is 11.4 Å². The number of sulfonamides is 1. The second-order valence-corrected chi connectivity index (χ2v) is 7.46. The van der Waals surface area contributed by atoms with E-state index in [-0.39, 0.29) is 4.90 Å². The molecule has 0 fully saturated rings. The molecule has 0 aliphatic carbocycles. The van der Waals surface area contributed by atoms with Gasteiger partial charge in [-0.25, -0.2) is 8.42 Å². The maximum absolute atomic E-state index is 12.6. The summed E-state index contributed by atoms with van der Waals surface area (Å²) in [6, 6.07) is 17.4. The maximum Gasteiger partial charge on any atom is 0.261 e. The lowest BCUT2D eigenvalue weighted by molar-refractivity contribution is 0.414. The number of ether oxygens (including phenoxy) is 1. The molecule has 3 aromatic rings. The number of benzene rings is 3. The van der Waals surface area contributed by atoms with Gasteiger partial charge < -0.3 is 4.74 Å². The van der Waals surface area contributed by atoms with Crippen molar-refractivity contribution in [3.8, 4) is 5.75 Å². The normalized spacial score (nSPS) is 11.4. The Morgan fingerprint density at radius 2 is 1.57 bits per heavy atom. The molecule has 0 bridgehead atoms. The molecule has 0 spiro atoms. The topological polar surface area (TPSA) is 55.4 Å². The Bertz CT molecular complexity index is 953. The highest BCUT2D eigenvalue weighted by Crippen LogP contribution is 2.31. The highest BCUT2D eigenvalue weighted by molar-refractivity contribution is 9.10. The third-order valence-corrected chi connectivity index (χ3v) is 5.56. The van der Waals surface area contributed by atoms with E-state index in [9.17, 15) is 8.42 Å². The minimum atomic E-state index is -3.66. The minimum absolute atomic E-state index is 0.185. The highest BCUT2D eigenvalue weighted by atomic mass is 79.9. The average molecular weight is 392 g/mol. The fourth-order valence-corrected chi connectivity index (χ4v) is 3.87. The molecule has 23 heavy (non-hydrogen) atoms. The van der Waals surface area contributed by atoms with Crippen molar-refractivity contribution in [2.75, 3.05) is 11.8 Å². The van der Waals surface area contributed by atoms with Gasteiger partial charge >= 0.3 is 0 Å². The van der Waals surface area contributed by atoms with Gasteiger partial charge in [0.1, 0.15) is 5.75 Å². The quantitative estimate of drug-likeness (QED) is 0.716. The number of halogens is 1. The van der Waals surface area contributed by atoms with Crippen molar-refractivity contribution in [2.45, 2.75) is 4.90 Å². The van der Waals surface area contributed by atoms with Gasteiger partial charge in [0, 0.05) is 9.86 Å². The van der Waals surface area contributed by atoms with Crippen LogP contribution in [0, 0.1) is 0 Å². The first-order chi connectivity index (χ1) is 11.0. The zero-order chi connectivity index (χ0) is 16.4. The van der Waals surface area contributed by atoms with Crippen LogP contribution in [0.3, 0.4) is 0 Å². The molecule has 3 rings (SSSR count). The summed E-state index contributed by atoms with van der Waals surface area (Å²) >= 11 is 3.48. The largest absolute Gasteiger partial charge is 0.497 e. The molecule has 6 heteroatoms. The van der Waals surface area contributed by atoms with Crippen LogP contribution in [-0.2, 0) is 10.0 Å². The molecule has 0 atom stereocenters. The number of hydrogen-bond donors (Lipinski definition) is 1. The van der Waals surface area contributed by atoms with Crippen molar-refractivity contribution in [1.82, 2.24) is 0 Å². The second-order valence-electron chi connectivity index (χ2n) is 4.92. The third kappa shape index (κ3) is 3.18. The zero-order valence-electron chi connectivity index (χ0n) is 12.3. The van der Waals surface area contributed by atoms with Gasteiger partial charge in [-0.15, -0.1) is 0 Å². The Labute approximate surface area is 143 Å². The zero-order valence-corrected chi connectivity index (χ0v) is 14.7. The first-order valence-corrected chi connectivity index (χ1v) is 9.13. The Hall–Kier alpha value is -2.05. The van der Waals surface area contributed by atoms with Gasteiger partial charge in [-0.1, -0.05) is 40.2 Å². The van der Waals surface area contributed by atoms with E-state index in [0.717, 1.165) is 15.2 Å². The summed E-state index contributed by atoms with van der Waals surface area (Å²) < 4.78 is 33.8. The van der Waals surface area contributed by atoms with E-state index < -0.39 is 10.0 Å². The van der Waals surface area contributed by atoms with Crippen LogP contribution in [0.1, 0.15) is 0 Å². The van der Waals surface area contributed by atoms with Gasteiger partial charge in [-0.2, -0.15) is 0 Å². The summed E-state index contributed by atoms with van der Waals surface area (Å²) in [5, 5.41) is 1.78. The van der Waals surface area contributed by atoms with Gasteiger partial charge in [-0.05, 0) is 41.8 Å². The third-order valence-electron chi connectivity index (χ3n) is 3.48. The lowest BCUT2D eigenvalue weighted by atomic mass is 10.1. The second kappa shape index (κ2) is 6.22. The first-order valence-electron chi connectivity index (χ1n) is 6.85. The summed E-state index contributed by atoms with van der Waals surface area (Å²) in [6.45, 7) is 0. The average Bonchev–Trinajstić information content (AvgIpc) is 2.58. The summed E-state index contributed by atoms with van der Waals surface area (Å²) in [4.78, 5) is 0.185. The van der Waals surface area contributed by atoms with Crippen LogP contribution < -0.4 is 9.46 Å². The number of nitrogens with one attached hydrogen (secondary N) is 1. The van der Waals surface area contributed by atoms with E-state index in [1.54, 1.807) is 18.2 Å². The van der Waals surface area contributed by atoms with Crippen LogP contribution in [0.4, 0.5) is 5.69 Å². The number of methoxy groups -OCH3 is 1. The SMILES string of the molecule is COc1ccc(S(=O)(=O)Nc2ccc(Br)c3ccccc23)cc1. The molecular formula is C17H14BrNO3S. The molecule has 118 valence electrons. The van der Waals surface area contributed by atoms with Crippen molar-refractivity contribution >= 4 is 42.4 Å². The van der Waals surface area contributed by atoms with Crippen LogP contribution in [0.25, 0.3) is 10.8 Å². The number of hydrogen-bond acceptors (Lipinski definition) is 3. The van der Waals surface area contributed by atoms with Gasteiger partial charge in [0.2, 0.25) is 0 Å². The van der Waals surface area contributed by atoms with Gasteiger partial charge in [0.25, 0.3) is 10.0 Å². The predicted octanol–water partition coefficient (Wildman–Crippen LogP) is 4.41. The molecule has 3 aromatic carbocycles. The molecule has 0 amide bonds. The van der Waals surface area contributed by atoms with E-state index in [2.05, 4.69) is 20.7 Å². The smallest absolute Gasteiger partial charge is 0.261 e. The van der Waals surface area contributed by atoms with E-state index >= 15 is 0 Å². The fourth-order valence-electron chi connectivity index (χ4n) is 2.31. The summed E-state index contributed by atoms with van der Waals surface area (Å²) in [5.74, 6) is 0.609. The minimum Gasteiger partial charge on any atom is -0.497 e. The molecule has 0 aromatic heterocycles. The van der Waals surface area contributed by atoms with Crippen molar-refractivity contribution in [1.29, 1.82) is 0 Å². The Balaban J connectivity index is 2.02. The summed E-state index contributed by atoms with van der Waals surface area (Å²) in [6.07, 6.45) is 0. The molecule has 0 heterocycles. The lowest BCUT2D eigenvalue weighted by Gasteiger charge is -2.12. The fraction of sp³-hybridized carbons (Fsp3) is 0.0588. The molecule has 0 aliphatic rings. The molecular weight excluding hydrogens is 378 g/mol. The highest BCUT2D eigenvalue weighted by Gasteiger charge is 2.16. The molecule has 4 nitrogen and oxygen atoms in total. The molecule has 0 unspecified atom stereocenters. The lowest BCUT2D eigenvalue weighted by Crippen LogP contribution is -2.13. The van der Waals surface area contributed by atoms with E-state index in [1.165, 1.54) is 19.2 Å². The summed E-state index contributed by atoms with van der Waals surface area (Å²) in [7, 11) is -2.13. The first kappa shape index (κ1) is 15.8. The van der Waals surface area contributed by atoms with Crippen molar-refractivity contribution < 1.29 is 13.2 Å². The van der Waals surface area contributed by atoms with Crippen molar-refractivity contribution in [3.63, 3.8) is 0 Å². The van der Waals surface area contributed by atoms with Crippen LogP contribution in [0.15, 0.2) is 70.0 Å². The Kier molecular flexibility index (Phi) is 4.28. The van der Waals surface area contributed by atoms with Gasteiger partial charge in [0.05, 0.1) is 17.7 Å². The molecule has 0 radical (unpaired) electrons. The standard InChI is InChI=1S/C17H14BrNO3S/c1-22-12-6-8-13(9-7-12)23(20,21)19-17-11-10-16(18)14-4-2-3-5-15(14)17/h2-11,19H,1H3. The van der Waals surface area contributed by atoms with Gasteiger partial charge in [0.15, 0.2) is 0 Å². The molecule has 0 saturated heterocycles.